The van der Waals surface area contributed by atoms with Gasteiger partial charge in [-0.3, -0.25) is 4.79 Å². The molecule has 6 nitrogen and oxygen atoms in total. The Morgan fingerprint density at radius 2 is 1.66 bits per heavy atom. The number of carbonyl (C=O) groups is 2. The van der Waals surface area contributed by atoms with Gasteiger partial charge in [-0.1, -0.05) is 76.6 Å². The van der Waals surface area contributed by atoms with Gasteiger partial charge in [0.15, 0.2) is 22.0 Å². The molecule has 0 saturated carbocycles. The Morgan fingerprint density at radius 3 is 2.10 bits per heavy atom. The minimum atomic E-state index is -3.71. The van der Waals surface area contributed by atoms with Gasteiger partial charge in [0.05, 0.1) is 6.42 Å². The molecule has 1 amide bonds. The third-order valence-corrected chi connectivity index (χ3v) is 10.1. The van der Waals surface area contributed by atoms with Crippen molar-refractivity contribution in [2.24, 2.45) is 0 Å². The monoisotopic (exact) mass is 477 g/mol. The molecule has 2 aromatic rings. The van der Waals surface area contributed by atoms with Crippen LogP contribution in [-0.2, 0) is 24.2 Å². The highest BCUT2D eigenvalue weighted by atomic mass is 79.9. The molecule has 0 spiro atoms. The van der Waals surface area contributed by atoms with E-state index in [-0.39, 0.29) is 17.7 Å². The van der Waals surface area contributed by atoms with Crippen LogP contribution in [0.3, 0.4) is 0 Å². The van der Waals surface area contributed by atoms with E-state index < -0.39 is 38.1 Å². The summed E-state index contributed by atoms with van der Waals surface area (Å²) < 4.78 is 30.4. The molecule has 4 rings (SSSR count). The molecule has 0 aromatic heterocycles. The molecule has 0 aliphatic carbocycles. The third kappa shape index (κ3) is 3.00. The summed E-state index contributed by atoms with van der Waals surface area (Å²) in [5.74, 6) is -1.06. The van der Waals surface area contributed by atoms with E-state index in [0.29, 0.717) is 0 Å². The summed E-state index contributed by atoms with van der Waals surface area (Å²) in [6, 6.07) is 17.3. The SMILES string of the molecule is C[C@@]1(CBr)[C@H](C(=O)OC(c2ccccc2)c2ccccc2)N2C(=O)C[C@H]2S1(=O)=O. The van der Waals surface area contributed by atoms with Crippen molar-refractivity contribution >= 4 is 37.6 Å². The maximum absolute atomic E-state index is 13.3. The number of halogens is 1. The van der Waals surface area contributed by atoms with E-state index in [9.17, 15) is 18.0 Å². The van der Waals surface area contributed by atoms with Crippen molar-refractivity contribution in [1.29, 1.82) is 0 Å². The smallest absolute Gasteiger partial charge is 0.331 e. The Kier molecular flexibility index (Phi) is 5.02. The lowest BCUT2D eigenvalue weighted by Crippen LogP contribution is -2.58. The zero-order valence-electron chi connectivity index (χ0n) is 15.7. The van der Waals surface area contributed by atoms with E-state index in [0.717, 1.165) is 11.1 Å². The summed E-state index contributed by atoms with van der Waals surface area (Å²) >= 11 is 3.25. The lowest BCUT2D eigenvalue weighted by molar-refractivity contribution is -0.164. The number of benzene rings is 2. The summed E-state index contributed by atoms with van der Waals surface area (Å²) in [4.78, 5) is 26.7. The number of hydrogen-bond acceptors (Lipinski definition) is 5. The molecule has 0 unspecified atom stereocenters. The highest BCUT2D eigenvalue weighted by molar-refractivity contribution is 9.09. The molecule has 2 saturated heterocycles. The van der Waals surface area contributed by atoms with Crippen LogP contribution in [0.1, 0.15) is 30.6 Å². The van der Waals surface area contributed by atoms with E-state index in [1.54, 1.807) is 0 Å². The van der Waals surface area contributed by atoms with Crippen LogP contribution in [0.4, 0.5) is 0 Å². The van der Waals surface area contributed by atoms with Crippen LogP contribution in [0.5, 0.6) is 0 Å². The van der Waals surface area contributed by atoms with Crippen molar-refractivity contribution in [2.75, 3.05) is 5.33 Å². The van der Waals surface area contributed by atoms with Gasteiger partial charge in [-0.15, -0.1) is 0 Å². The molecule has 2 heterocycles. The fraction of sp³-hybridized carbons (Fsp3) is 0.333. The van der Waals surface area contributed by atoms with Gasteiger partial charge in [0, 0.05) is 5.33 Å². The number of carbonyl (C=O) groups excluding carboxylic acids is 2. The van der Waals surface area contributed by atoms with Crippen LogP contribution in [-0.4, -0.2) is 46.7 Å². The highest BCUT2D eigenvalue weighted by Gasteiger charge is 2.69. The van der Waals surface area contributed by atoms with Crippen molar-refractivity contribution in [1.82, 2.24) is 4.90 Å². The predicted molar refractivity (Wildman–Crippen MR) is 111 cm³/mol. The Labute approximate surface area is 177 Å². The van der Waals surface area contributed by atoms with Crippen LogP contribution in [0.15, 0.2) is 60.7 Å². The maximum atomic E-state index is 13.3. The lowest BCUT2D eigenvalue weighted by Gasteiger charge is -2.37. The molecule has 0 bridgehead atoms. The first-order valence-electron chi connectivity index (χ1n) is 9.22. The van der Waals surface area contributed by atoms with Crippen molar-refractivity contribution in [2.45, 2.75) is 35.6 Å². The van der Waals surface area contributed by atoms with E-state index in [2.05, 4.69) is 15.9 Å². The molecule has 2 aliphatic rings. The Balaban J connectivity index is 1.72. The highest BCUT2D eigenvalue weighted by Crippen LogP contribution is 2.47. The van der Waals surface area contributed by atoms with Gasteiger partial charge in [0.25, 0.3) is 0 Å². The number of fused-ring (bicyclic) bond motifs is 1. The van der Waals surface area contributed by atoms with E-state index in [1.165, 1.54) is 11.8 Å². The summed E-state index contributed by atoms with van der Waals surface area (Å²) in [6.45, 7) is 1.49. The second-order valence-electron chi connectivity index (χ2n) is 7.49. The molecule has 29 heavy (non-hydrogen) atoms. The second-order valence-corrected chi connectivity index (χ2v) is 10.6. The van der Waals surface area contributed by atoms with Crippen LogP contribution >= 0.6 is 15.9 Å². The third-order valence-electron chi connectivity index (χ3n) is 5.74. The predicted octanol–water partition coefficient (Wildman–Crippen LogP) is 2.83. The van der Waals surface area contributed by atoms with Crippen LogP contribution in [0.2, 0.25) is 0 Å². The van der Waals surface area contributed by atoms with E-state index >= 15 is 0 Å². The van der Waals surface area contributed by atoms with E-state index in [4.69, 9.17) is 4.74 Å². The van der Waals surface area contributed by atoms with E-state index in [1.807, 2.05) is 60.7 Å². The fourth-order valence-electron chi connectivity index (χ4n) is 4.01. The summed E-state index contributed by atoms with van der Waals surface area (Å²) in [5, 5.41) is -0.925. The molecule has 0 radical (unpaired) electrons. The molecule has 2 aliphatic heterocycles. The first-order chi connectivity index (χ1) is 13.8. The van der Waals surface area contributed by atoms with Gasteiger partial charge >= 0.3 is 5.97 Å². The number of β-lactam (4-membered cyclic amide) rings is 1. The average Bonchev–Trinajstić information content (AvgIpc) is 2.88. The molecule has 2 aromatic carbocycles. The molecular formula is C21H20BrNO5S. The Bertz CT molecular complexity index is 1000. The zero-order valence-corrected chi connectivity index (χ0v) is 18.1. The minimum absolute atomic E-state index is 0.0315. The van der Waals surface area contributed by atoms with Crippen molar-refractivity contribution in [3.63, 3.8) is 0 Å². The number of amides is 1. The molecule has 3 atom stereocenters. The maximum Gasteiger partial charge on any atom is 0.331 e. The number of esters is 1. The average molecular weight is 478 g/mol. The largest absolute Gasteiger partial charge is 0.451 e. The number of ether oxygens (including phenoxy) is 1. The topological polar surface area (TPSA) is 80.8 Å². The van der Waals surface area contributed by atoms with Gasteiger partial charge in [-0.2, -0.15) is 0 Å². The molecule has 152 valence electrons. The van der Waals surface area contributed by atoms with Gasteiger partial charge < -0.3 is 9.64 Å². The molecule has 8 heteroatoms. The number of hydrogen-bond donors (Lipinski definition) is 0. The number of rotatable bonds is 5. The van der Waals surface area contributed by atoms with Gasteiger partial charge in [-0.25, -0.2) is 13.2 Å². The fourth-order valence-corrected chi connectivity index (χ4v) is 7.47. The minimum Gasteiger partial charge on any atom is -0.451 e. The quantitative estimate of drug-likeness (QED) is 0.375. The lowest BCUT2D eigenvalue weighted by atomic mass is 9.97. The molecule has 0 N–H and O–H groups in total. The first kappa shape index (κ1) is 20.1. The second kappa shape index (κ2) is 7.25. The van der Waals surface area contributed by atoms with Crippen molar-refractivity contribution in [3.8, 4) is 0 Å². The summed E-state index contributed by atoms with van der Waals surface area (Å²) in [7, 11) is -3.71. The van der Waals surface area contributed by atoms with Gasteiger partial charge in [0.2, 0.25) is 5.91 Å². The molecular weight excluding hydrogens is 458 g/mol. The van der Waals surface area contributed by atoms with Crippen LogP contribution in [0, 0.1) is 0 Å². The standard InChI is InChI=1S/C21H20BrNO5S/c1-21(13-22)19(23-16(24)12-17(23)29(21,26)27)20(25)28-18(14-8-4-2-5-9-14)15-10-6-3-7-11-15/h2-11,17-19H,12-13H2,1H3/t17-,19+,21-/m1/s1. The first-order valence-corrected chi connectivity index (χ1v) is 11.9. The summed E-state index contributed by atoms with van der Waals surface area (Å²) in [5.41, 5.74) is 1.53. The number of sulfone groups is 1. The summed E-state index contributed by atoms with van der Waals surface area (Å²) in [6.07, 6.45) is -0.794. The van der Waals surface area contributed by atoms with Crippen molar-refractivity contribution < 1.29 is 22.7 Å². The van der Waals surface area contributed by atoms with Gasteiger partial charge in [-0.05, 0) is 18.1 Å². The zero-order chi connectivity index (χ0) is 20.8. The normalized spacial score (nSPS) is 27.4. The Hall–Kier alpha value is -2.19. The van der Waals surface area contributed by atoms with Gasteiger partial charge in [0.1, 0.15) is 10.1 Å². The Morgan fingerprint density at radius 1 is 1.14 bits per heavy atom. The number of nitrogens with zero attached hydrogens (tertiary/aromatic N) is 1. The van der Waals surface area contributed by atoms with Crippen LogP contribution in [0.25, 0.3) is 0 Å². The van der Waals surface area contributed by atoms with Crippen molar-refractivity contribution in [3.05, 3.63) is 71.8 Å². The number of alkyl halides is 1. The molecule has 2 fully saturated rings. The van der Waals surface area contributed by atoms with Crippen LogP contribution < -0.4 is 0 Å².